The zero-order valence-corrected chi connectivity index (χ0v) is 11.7. The molecule has 0 unspecified atom stereocenters. The monoisotopic (exact) mass is 263 g/mol. The van der Waals surface area contributed by atoms with Gasteiger partial charge in [0.05, 0.1) is 6.54 Å². The second-order valence-corrected chi connectivity index (χ2v) is 5.32. The largest absolute Gasteiger partial charge is 0.335 e. The maximum Gasteiger partial charge on any atom is 0.274 e. The smallest absolute Gasteiger partial charge is 0.274 e. The first kappa shape index (κ1) is 12.8. The van der Waals surface area contributed by atoms with E-state index < -0.39 is 0 Å². The van der Waals surface area contributed by atoms with Crippen LogP contribution in [0.1, 0.15) is 33.5 Å². The van der Waals surface area contributed by atoms with Crippen molar-refractivity contribution in [1.82, 2.24) is 15.1 Å². The fraction of sp³-hybridized carbons (Fsp3) is 0.385. The molecule has 1 N–H and O–H groups in total. The van der Waals surface area contributed by atoms with Crippen LogP contribution in [-0.2, 0) is 13.0 Å². The lowest BCUT2D eigenvalue weighted by Gasteiger charge is -2.15. The fourth-order valence-corrected chi connectivity index (χ4v) is 2.66. The van der Waals surface area contributed by atoms with Crippen LogP contribution in [-0.4, -0.2) is 28.1 Å². The number of nitrogens with one attached hydrogen (secondary N) is 1. The van der Waals surface area contributed by atoms with Gasteiger partial charge in [0.2, 0.25) is 0 Å². The first-order valence-electron chi connectivity index (χ1n) is 5.94. The molecule has 0 fully saturated rings. The van der Waals surface area contributed by atoms with Crippen molar-refractivity contribution in [3.8, 4) is 0 Å². The van der Waals surface area contributed by atoms with Crippen LogP contribution in [0.15, 0.2) is 17.5 Å². The Morgan fingerprint density at radius 3 is 2.89 bits per heavy atom. The molecule has 18 heavy (non-hydrogen) atoms. The number of carbonyl (C=O) groups is 1. The molecule has 0 bridgehead atoms. The van der Waals surface area contributed by atoms with E-state index in [-0.39, 0.29) is 5.91 Å². The van der Waals surface area contributed by atoms with Gasteiger partial charge < -0.3 is 4.90 Å². The summed E-state index contributed by atoms with van der Waals surface area (Å²) in [5.74, 6) is -0.0428. The summed E-state index contributed by atoms with van der Waals surface area (Å²) in [6.07, 6.45) is 0.855. The summed E-state index contributed by atoms with van der Waals surface area (Å²) in [7, 11) is 1.81. The molecule has 1 amide bonds. The minimum Gasteiger partial charge on any atom is -0.335 e. The second-order valence-electron chi connectivity index (χ2n) is 4.32. The SMILES string of the molecule is CCc1cc(C(=O)N(C)Cc2sccc2C)n[nH]1. The van der Waals surface area contributed by atoms with Gasteiger partial charge in [-0.15, -0.1) is 11.3 Å². The quantitative estimate of drug-likeness (QED) is 0.921. The number of carbonyl (C=O) groups excluding carboxylic acids is 1. The average Bonchev–Trinajstić information content (AvgIpc) is 2.98. The maximum absolute atomic E-state index is 12.2. The van der Waals surface area contributed by atoms with Gasteiger partial charge in [-0.25, -0.2) is 0 Å². The van der Waals surface area contributed by atoms with Gasteiger partial charge in [-0.1, -0.05) is 6.92 Å². The molecule has 2 aromatic rings. The number of aromatic nitrogens is 2. The van der Waals surface area contributed by atoms with Gasteiger partial charge in [-0.3, -0.25) is 9.89 Å². The minimum atomic E-state index is -0.0428. The molecule has 0 spiro atoms. The van der Waals surface area contributed by atoms with Gasteiger partial charge in [0.1, 0.15) is 5.69 Å². The number of H-pyrrole nitrogens is 1. The van der Waals surface area contributed by atoms with Crippen molar-refractivity contribution in [2.24, 2.45) is 0 Å². The third-order valence-electron chi connectivity index (χ3n) is 2.93. The van der Waals surface area contributed by atoms with Crippen molar-refractivity contribution in [2.75, 3.05) is 7.05 Å². The van der Waals surface area contributed by atoms with E-state index in [4.69, 9.17) is 0 Å². The van der Waals surface area contributed by atoms with Crippen LogP contribution < -0.4 is 0 Å². The third-order valence-corrected chi connectivity index (χ3v) is 3.93. The summed E-state index contributed by atoms with van der Waals surface area (Å²) in [5, 5.41) is 8.96. The molecular formula is C13H17N3OS. The molecule has 5 heteroatoms. The average molecular weight is 263 g/mol. The molecular weight excluding hydrogens is 246 g/mol. The van der Waals surface area contributed by atoms with E-state index in [1.165, 1.54) is 10.4 Å². The van der Waals surface area contributed by atoms with Crippen LogP contribution >= 0.6 is 11.3 Å². The van der Waals surface area contributed by atoms with Crippen molar-refractivity contribution >= 4 is 17.2 Å². The lowest BCUT2D eigenvalue weighted by molar-refractivity contribution is 0.0780. The molecule has 96 valence electrons. The van der Waals surface area contributed by atoms with Crippen LogP contribution in [0.25, 0.3) is 0 Å². The van der Waals surface area contributed by atoms with E-state index >= 15 is 0 Å². The number of nitrogens with zero attached hydrogens (tertiary/aromatic N) is 2. The standard InChI is InChI=1S/C13H17N3OS/c1-4-10-7-11(15-14-10)13(17)16(3)8-12-9(2)5-6-18-12/h5-7H,4,8H2,1-3H3,(H,14,15). The molecule has 0 saturated heterocycles. The Balaban J connectivity index is 2.07. The molecule has 0 saturated carbocycles. The highest BCUT2D eigenvalue weighted by Gasteiger charge is 2.16. The first-order chi connectivity index (χ1) is 8.61. The van der Waals surface area contributed by atoms with Crippen LogP contribution in [0.5, 0.6) is 0 Å². The van der Waals surface area contributed by atoms with Gasteiger partial charge in [0.15, 0.2) is 0 Å². The Morgan fingerprint density at radius 1 is 1.56 bits per heavy atom. The van der Waals surface area contributed by atoms with Crippen molar-refractivity contribution < 1.29 is 4.79 Å². The predicted molar refractivity (Wildman–Crippen MR) is 72.8 cm³/mol. The Hall–Kier alpha value is -1.62. The predicted octanol–water partition coefficient (Wildman–Crippen LogP) is 2.61. The van der Waals surface area contributed by atoms with Crippen LogP contribution in [0.3, 0.4) is 0 Å². The number of thiophene rings is 1. The number of aromatic amines is 1. The Bertz CT molecular complexity index is 544. The molecule has 0 aromatic carbocycles. The maximum atomic E-state index is 12.2. The Labute approximate surface area is 111 Å². The summed E-state index contributed by atoms with van der Waals surface area (Å²) in [5.41, 5.74) is 2.71. The molecule has 0 atom stereocenters. The normalized spacial score (nSPS) is 10.6. The van der Waals surface area contributed by atoms with E-state index in [1.807, 2.05) is 25.4 Å². The molecule has 4 nitrogen and oxygen atoms in total. The van der Waals surface area contributed by atoms with Crippen LogP contribution in [0.2, 0.25) is 0 Å². The zero-order chi connectivity index (χ0) is 13.1. The number of hydrogen-bond donors (Lipinski definition) is 1. The highest BCUT2D eigenvalue weighted by molar-refractivity contribution is 7.10. The summed E-state index contributed by atoms with van der Waals surface area (Å²) >= 11 is 1.68. The van der Waals surface area contributed by atoms with Gasteiger partial charge in [-0.2, -0.15) is 5.10 Å². The second kappa shape index (κ2) is 5.35. The molecule has 0 radical (unpaired) electrons. The summed E-state index contributed by atoms with van der Waals surface area (Å²) in [4.78, 5) is 15.1. The van der Waals surface area contributed by atoms with E-state index in [9.17, 15) is 4.79 Å². The van der Waals surface area contributed by atoms with Gasteiger partial charge >= 0.3 is 0 Å². The van der Waals surface area contributed by atoms with Gasteiger partial charge in [0, 0.05) is 17.6 Å². The highest BCUT2D eigenvalue weighted by Crippen LogP contribution is 2.18. The van der Waals surface area contributed by atoms with Crippen molar-refractivity contribution in [3.05, 3.63) is 39.3 Å². The zero-order valence-electron chi connectivity index (χ0n) is 10.9. The van der Waals surface area contributed by atoms with Gasteiger partial charge in [0.25, 0.3) is 5.91 Å². The lowest BCUT2D eigenvalue weighted by Crippen LogP contribution is -2.26. The molecule has 2 rings (SSSR count). The van der Waals surface area contributed by atoms with E-state index in [0.717, 1.165) is 12.1 Å². The number of amides is 1. The molecule has 2 aromatic heterocycles. The van der Waals surface area contributed by atoms with E-state index in [1.54, 1.807) is 16.2 Å². The summed E-state index contributed by atoms with van der Waals surface area (Å²) in [6.45, 7) is 4.73. The number of aryl methyl sites for hydroxylation is 2. The third kappa shape index (κ3) is 2.61. The number of rotatable bonds is 4. The van der Waals surface area contributed by atoms with Crippen molar-refractivity contribution in [1.29, 1.82) is 0 Å². The van der Waals surface area contributed by atoms with Crippen LogP contribution in [0.4, 0.5) is 0 Å². The lowest BCUT2D eigenvalue weighted by atomic mass is 10.2. The molecule has 0 aliphatic carbocycles. The fourth-order valence-electron chi connectivity index (χ4n) is 1.70. The summed E-state index contributed by atoms with van der Waals surface area (Å²) < 4.78 is 0. The van der Waals surface area contributed by atoms with Crippen molar-refractivity contribution in [3.63, 3.8) is 0 Å². The Morgan fingerprint density at radius 2 is 2.33 bits per heavy atom. The minimum absolute atomic E-state index is 0.0428. The highest BCUT2D eigenvalue weighted by atomic mass is 32.1. The Kier molecular flexibility index (Phi) is 3.81. The van der Waals surface area contributed by atoms with E-state index in [0.29, 0.717) is 12.2 Å². The summed E-state index contributed by atoms with van der Waals surface area (Å²) in [6, 6.07) is 3.89. The number of hydrogen-bond acceptors (Lipinski definition) is 3. The van der Waals surface area contributed by atoms with E-state index in [2.05, 4.69) is 23.2 Å². The van der Waals surface area contributed by atoms with Crippen LogP contribution in [0, 0.1) is 6.92 Å². The van der Waals surface area contributed by atoms with Gasteiger partial charge in [-0.05, 0) is 36.4 Å². The molecule has 0 aliphatic heterocycles. The first-order valence-corrected chi connectivity index (χ1v) is 6.82. The van der Waals surface area contributed by atoms with Crippen molar-refractivity contribution in [2.45, 2.75) is 26.8 Å². The molecule has 0 aliphatic rings. The molecule has 2 heterocycles. The topological polar surface area (TPSA) is 49.0 Å².